The van der Waals surface area contributed by atoms with Gasteiger partial charge in [-0.2, -0.15) is 0 Å². The predicted molar refractivity (Wildman–Crippen MR) is 94.7 cm³/mol. The standard InChI is InChI=1S/C19H21N3O3/c1-13-6-5-9-22-10-15(21-18(13)22)12-25-17-8-4-3-7-16(17)19(24)20-14(2)11-23/h3-10,14,23H,11-12H2,1-2H3,(H,20,24). The van der Waals surface area contributed by atoms with Crippen LogP contribution in [-0.4, -0.2) is 33.0 Å². The fraction of sp³-hybridized carbons (Fsp3) is 0.263. The zero-order chi connectivity index (χ0) is 17.8. The van der Waals surface area contributed by atoms with Crippen molar-refractivity contribution < 1.29 is 14.6 Å². The summed E-state index contributed by atoms with van der Waals surface area (Å²) in [6, 6.07) is 10.7. The van der Waals surface area contributed by atoms with E-state index in [1.807, 2.05) is 41.9 Å². The van der Waals surface area contributed by atoms with Gasteiger partial charge in [0.05, 0.1) is 17.9 Å². The lowest BCUT2D eigenvalue weighted by Crippen LogP contribution is -2.35. The first-order chi connectivity index (χ1) is 12.1. The summed E-state index contributed by atoms with van der Waals surface area (Å²) in [5.74, 6) is 0.210. The number of aliphatic hydroxyl groups is 1. The molecule has 2 aromatic heterocycles. The van der Waals surface area contributed by atoms with Crippen LogP contribution in [0.1, 0.15) is 28.5 Å². The molecular formula is C19H21N3O3. The van der Waals surface area contributed by atoms with Crippen LogP contribution in [0.2, 0.25) is 0 Å². The number of carbonyl (C=O) groups is 1. The van der Waals surface area contributed by atoms with Gasteiger partial charge >= 0.3 is 0 Å². The number of imidazole rings is 1. The van der Waals surface area contributed by atoms with Crippen LogP contribution in [0.15, 0.2) is 48.8 Å². The minimum absolute atomic E-state index is 0.116. The molecule has 1 atom stereocenters. The zero-order valence-corrected chi connectivity index (χ0v) is 14.3. The van der Waals surface area contributed by atoms with Gasteiger partial charge in [-0.1, -0.05) is 18.2 Å². The third-order valence-electron chi connectivity index (χ3n) is 3.89. The number of aliphatic hydroxyl groups excluding tert-OH is 1. The van der Waals surface area contributed by atoms with Crippen LogP contribution in [0.25, 0.3) is 5.65 Å². The molecule has 3 aromatic rings. The van der Waals surface area contributed by atoms with Gasteiger partial charge in [0.2, 0.25) is 0 Å². The van der Waals surface area contributed by atoms with Crippen LogP contribution in [-0.2, 0) is 6.61 Å². The van der Waals surface area contributed by atoms with Crippen LogP contribution >= 0.6 is 0 Å². The van der Waals surface area contributed by atoms with E-state index >= 15 is 0 Å². The highest BCUT2D eigenvalue weighted by molar-refractivity contribution is 5.97. The molecule has 0 fully saturated rings. The van der Waals surface area contributed by atoms with Crippen LogP contribution in [0.5, 0.6) is 5.75 Å². The summed E-state index contributed by atoms with van der Waals surface area (Å²) >= 11 is 0. The first-order valence-electron chi connectivity index (χ1n) is 8.15. The summed E-state index contributed by atoms with van der Waals surface area (Å²) in [6.07, 6.45) is 3.86. The number of para-hydroxylation sites is 1. The van der Waals surface area contributed by atoms with E-state index in [4.69, 9.17) is 9.84 Å². The quantitative estimate of drug-likeness (QED) is 0.723. The normalized spacial score (nSPS) is 12.1. The van der Waals surface area contributed by atoms with E-state index in [1.54, 1.807) is 25.1 Å². The fourth-order valence-corrected chi connectivity index (χ4v) is 2.55. The van der Waals surface area contributed by atoms with Crippen LogP contribution < -0.4 is 10.1 Å². The molecule has 0 radical (unpaired) electrons. The number of rotatable bonds is 6. The Balaban J connectivity index is 1.76. The third kappa shape index (κ3) is 3.80. The molecular weight excluding hydrogens is 318 g/mol. The van der Waals surface area contributed by atoms with Crippen molar-refractivity contribution >= 4 is 11.6 Å². The molecule has 0 bridgehead atoms. The van der Waals surface area contributed by atoms with Crippen LogP contribution in [0, 0.1) is 6.92 Å². The highest BCUT2D eigenvalue weighted by atomic mass is 16.5. The van der Waals surface area contributed by atoms with E-state index < -0.39 is 0 Å². The van der Waals surface area contributed by atoms with Crippen molar-refractivity contribution in [1.29, 1.82) is 0 Å². The van der Waals surface area contributed by atoms with E-state index in [1.165, 1.54) is 0 Å². The van der Waals surface area contributed by atoms with E-state index in [0.717, 1.165) is 16.9 Å². The number of hydrogen-bond donors (Lipinski definition) is 2. The van der Waals surface area contributed by atoms with Gasteiger partial charge in [-0.25, -0.2) is 4.98 Å². The number of aryl methyl sites for hydroxylation is 1. The maximum Gasteiger partial charge on any atom is 0.255 e. The Morgan fingerprint density at radius 1 is 1.32 bits per heavy atom. The highest BCUT2D eigenvalue weighted by Crippen LogP contribution is 2.20. The molecule has 6 nitrogen and oxygen atoms in total. The molecule has 0 spiro atoms. The summed E-state index contributed by atoms with van der Waals surface area (Å²) in [7, 11) is 0. The maximum atomic E-state index is 12.3. The number of nitrogens with zero attached hydrogens (tertiary/aromatic N) is 2. The molecule has 130 valence electrons. The number of benzene rings is 1. The molecule has 1 unspecified atom stereocenters. The summed E-state index contributed by atoms with van der Waals surface area (Å²) in [5.41, 5.74) is 3.20. The van der Waals surface area contributed by atoms with Gasteiger partial charge < -0.3 is 19.6 Å². The summed E-state index contributed by atoms with van der Waals surface area (Å²) in [6.45, 7) is 3.89. The second kappa shape index (κ2) is 7.36. The maximum absolute atomic E-state index is 12.3. The Kier molecular flexibility index (Phi) is 5.00. The minimum atomic E-state index is -0.318. The smallest absolute Gasteiger partial charge is 0.255 e. The molecule has 2 heterocycles. The Bertz CT molecular complexity index is 889. The van der Waals surface area contributed by atoms with Gasteiger partial charge in [-0.3, -0.25) is 4.79 Å². The van der Waals surface area contributed by atoms with E-state index in [9.17, 15) is 4.79 Å². The van der Waals surface area contributed by atoms with Gasteiger partial charge in [0.1, 0.15) is 18.0 Å². The summed E-state index contributed by atoms with van der Waals surface area (Å²) < 4.78 is 7.78. The lowest BCUT2D eigenvalue weighted by Gasteiger charge is -2.13. The molecule has 6 heteroatoms. The highest BCUT2D eigenvalue weighted by Gasteiger charge is 2.14. The largest absolute Gasteiger partial charge is 0.486 e. The van der Waals surface area contributed by atoms with Gasteiger partial charge in [0.15, 0.2) is 0 Å². The molecule has 25 heavy (non-hydrogen) atoms. The molecule has 0 saturated carbocycles. The van der Waals surface area contributed by atoms with Crippen molar-refractivity contribution in [2.45, 2.75) is 26.5 Å². The van der Waals surface area contributed by atoms with Crippen molar-refractivity contribution in [3.63, 3.8) is 0 Å². The van der Waals surface area contributed by atoms with Crippen molar-refractivity contribution in [3.05, 3.63) is 65.6 Å². The third-order valence-corrected chi connectivity index (χ3v) is 3.89. The SMILES string of the molecule is Cc1cccn2cc(COc3ccccc3C(=O)NC(C)CO)nc12. The van der Waals surface area contributed by atoms with E-state index in [-0.39, 0.29) is 25.2 Å². The molecule has 0 saturated heterocycles. The number of ether oxygens (including phenoxy) is 1. The first-order valence-corrected chi connectivity index (χ1v) is 8.15. The molecule has 0 aliphatic rings. The van der Waals surface area contributed by atoms with Crippen molar-refractivity contribution in [1.82, 2.24) is 14.7 Å². The topological polar surface area (TPSA) is 75.9 Å². The van der Waals surface area contributed by atoms with Gasteiger partial charge in [-0.05, 0) is 37.6 Å². The molecule has 3 rings (SSSR count). The molecule has 0 aliphatic carbocycles. The number of fused-ring (bicyclic) bond motifs is 1. The van der Waals surface area contributed by atoms with Crippen molar-refractivity contribution in [2.24, 2.45) is 0 Å². The minimum Gasteiger partial charge on any atom is -0.486 e. The van der Waals surface area contributed by atoms with Crippen molar-refractivity contribution in [3.8, 4) is 5.75 Å². The molecule has 1 aromatic carbocycles. The number of carbonyl (C=O) groups excluding carboxylic acids is 1. The first kappa shape index (κ1) is 17.0. The van der Waals surface area contributed by atoms with E-state index in [0.29, 0.717) is 11.3 Å². The zero-order valence-electron chi connectivity index (χ0n) is 14.3. The average molecular weight is 339 g/mol. The second-order valence-corrected chi connectivity index (χ2v) is 6.00. The van der Waals surface area contributed by atoms with Gasteiger partial charge in [0.25, 0.3) is 5.91 Å². The van der Waals surface area contributed by atoms with Crippen LogP contribution in [0.3, 0.4) is 0 Å². The Morgan fingerprint density at radius 3 is 2.88 bits per heavy atom. The second-order valence-electron chi connectivity index (χ2n) is 6.00. The summed E-state index contributed by atoms with van der Waals surface area (Å²) in [5, 5.41) is 11.8. The number of nitrogens with one attached hydrogen (secondary N) is 1. The number of amides is 1. The number of aromatic nitrogens is 2. The Morgan fingerprint density at radius 2 is 2.12 bits per heavy atom. The average Bonchev–Trinajstić information content (AvgIpc) is 3.04. The monoisotopic (exact) mass is 339 g/mol. The molecule has 0 aliphatic heterocycles. The van der Waals surface area contributed by atoms with Crippen molar-refractivity contribution in [2.75, 3.05) is 6.61 Å². The predicted octanol–water partition coefficient (Wildman–Crippen LogP) is 2.33. The molecule has 2 N–H and O–H groups in total. The Labute approximate surface area is 146 Å². The number of pyridine rings is 1. The Hall–Kier alpha value is -2.86. The van der Waals surface area contributed by atoms with Gasteiger partial charge in [-0.15, -0.1) is 0 Å². The number of hydrogen-bond acceptors (Lipinski definition) is 4. The van der Waals surface area contributed by atoms with Crippen LogP contribution in [0.4, 0.5) is 0 Å². The van der Waals surface area contributed by atoms with Gasteiger partial charge in [0, 0.05) is 18.4 Å². The molecule has 1 amide bonds. The lowest BCUT2D eigenvalue weighted by atomic mass is 10.1. The fourth-order valence-electron chi connectivity index (χ4n) is 2.55. The van der Waals surface area contributed by atoms with E-state index in [2.05, 4.69) is 10.3 Å². The lowest BCUT2D eigenvalue weighted by molar-refractivity contribution is 0.0917. The summed E-state index contributed by atoms with van der Waals surface area (Å²) in [4.78, 5) is 16.9.